The lowest BCUT2D eigenvalue weighted by atomic mass is 10.0. The fourth-order valence-electron chi connectivity index (χ4n) is 5.89. The second-order valence-electron chi connectivity index (χ2n) is 10.5. The highest BCUT2D eigenvalue weighted by Gasteiger charge is 2.28. The van der Waals surface area contributed by atoms with E-state index < -0.39 is 0 Å². The van der Waals surface area contributed by atoms with Crippen molar-refractivity contribution in [3.05, 3.63) is 126 Å². The lowest BCUT2D eigenvalue weighted by molar-refractivity contribution is -0.633. The summed E-state index contributed by atoms with van der Waals surface area (Å²) in [7, 11) is 2.14. The predicted molar refractivity (Wildman–Crippen MR) is 163 cm³/mol. The number of rotatable bonds is 4. The smallest absolute Gasteiger partial charge is 0.295 e. The molecule has 0 spiro atoms. The molecular formula is C36H30N3O+. The van der Waals surface area contributed by atoms with Gasteiger partial charge in [0.2, 0.25) is 5.89 Å². The van der Waals surface area contributed by atoms with Crippen molar-refractivity contribution in [2.45, 2.75) is 20.8 Å². The van der Waals surface area contributed by atoms with Gasteiger partial charge in [-0.3, -0.25) is 0 Å². The zero-order chi connectivity index (χ0) is 27.4. The minimum atomic E-state index is 0.670. The molecule has 2 aromatic heterocycles. The highest BCUT2D eigenvalue weighted by Crippen LogP contribution is 2.35. The molecule has 7 rings (SSSR count). The molecule has 0 amide bonds. The number of aromatic nitrogens is 3. The molecule has 0 unspecified atom stereocenters. The zero-order valence-corrected chi connectivity index (χ0v) is 23.1. The van der Waals surface area contributed by atoms with Crippen LogP contribution in [0.4, 0.5) is 0 Å². The summed E-state index contributed by atoms with van der Waals surface area (Å²) in [4.78, 5) is 4.90. The van der Waals surface area contributed by atoms with E-state index in [1.54, 1.807) is 0 Å². The van der Waals surface area contributed by atoms with E-state index in [9.17, 15) is 0 Å². The molecular weight excluding hydrogens is 490 g/mol. The van der Waals surface area contributed by atoms with Crippen molar-refractivity contribution in [1.82, 2.24) is 9.55 Å². The van der Waals surface area contributed by atoms with Crippen LogP contribution in [0.25, 0.3) is 61.8 Å². The maximum absolute atomic E-state index is 6.43. The molecule has 4 nitrogen and oxygen atoms in total. The molecule has 0 N–H and O–H groups in total. The predicted octanol–water partition coefficient (Wildman–Crippen LogP) is 8.52. The molecule has 0 aliphatic heterocycles. The Balaban J connectivity index is 1.43. The summed E-state index contributed by atoms with van der Waals surface area (Å²) in [5.41, 5.74) is 13.1. The van der Waals surface area contributed by atoms with Crippen molar-refractivity contribution in [3.8, 4) is 39.7 Å². The van der Waals surface area contributed by atoms with Gasteiger partial charge >= 0.3 is 0 Å². The summed E-state index contributed by atoms with van der Waals surface area (Å²) in [5, 5.41) is 0. The number of oxazole rings is 1. The molecule has 0 aliphatic rings. The van der Waals surface area contributed by atoms with Crippen molar-refractivity contribution in [3.63, 3.8) is 0 Å². The third-order valence-corrected chi connectivity index (χ3v) is 7.92. The molecule has 0 fully saturated rings. The first kappa shape index (κ1) is 24.1. The fraction of sp³-hybridized carbons (Fsp3) is 0.111. The summed E-state index contributed by atoms with van der Waals surface area (Å²) < 4.78 is 11.1. The van der Waals surface area contributed by atoms with Gasteiger partial charge in [-0.25, -0.2) is 9.55 Å². The maximum atomic E-state index is 6.43. The molecule has 194 valence electrons. The Morgan fingerprint density at radius 2 is 1.35 bits per heavy atom. The van der Waals surface area contributed by atoms with Crippen LogP contribution in [0.5, 0.6) is 0 Å². The Morgan fingerprint density at radius 1 is 0.675 bits per heavy atom. The van der Waals surface area contributed by atoms with Crippen LogP contribution in [0.1, 0.15) is 16.7 Å². The number of benzene rings is 5. The number of hydrogen-bond acceptors (Lipinski definition) is 2. The lowest BCUT2D eigenvalue weighted by Crippen LogP contribution is -2.30. The van der Waals surface area contributed by atoms with E-state index >= 15 is 0 Å². The topological polar surface area (TPSA) is 34.8 Å². The number of fused-ring (bicyclic) bond motifs is 2. The van der Waals surface area contributed by atoms with Gasteiger partial charge < -0.3 is 4.42 Å². The van der Waals surface area contributed by atoms with Crippen molar-refractivity contribution in [2.24, 2.45) is 7.05 Å². The van der Waals surface area contributed by atoms with Crippen molar-refractivity contribution in [2.75, 3.05) is 0 Å². The SMILES string of the molecule is Cc1cc2nc(-c3c(C)cccc3C)oc2cc1-c1n(-c2ccc(-c3ccccc3)cc2)c2ccccc2[n+]1C. The molecule has 4 heteroatoms. The average Bonchev–Trinajstić information content (AvgIpc) is 3.51. The van der Waals surface area contributed by atoms with Crippen molar-refractivity contribution < 1.29 is 8.98 Å². The molecule has 0 aliphatic carbocycles. The number of aryl methyl sites for hydroxylation is 4. The molecule has 0 radical (unpaired) electrons. The standard InChI is InChI=1S/C36H30N3O/c1-23-11-10-12-24(2)34(23)35-37-30-21-25(3)29(22-33(30)40-35)36-38(4)31-15-8-9-16-32(31)39(36)28-19-17-27(18-20-28)26-13-6-5-7-14-26/h5-22H,1-4H3/q+1. The van der Waals surface area contributed by atoms with Gasteiger partial charge in [0.25, 0.3) is 5.82 Å². The Bertz CT molecular complexity index is 2010. The third kappa shape index (κ3) is 3.84. The number of para-hydroxylation sites is 2. The second-order valence-corrected chi connectivity index (χ2v) is 10.5. The van der Waals surface area contributed by atoms with Gasteiger partial charge in [-0.15, -0.1) is 0 Å². The first-order chi connectivity index (χ1) is 19.5. The number of hydrogen-bond donors (Lipinski definition) is 0. The monoisotopic (exact) mass is 520 g/mol. The van der Waals surface area contributed by atoms with Gasteiger partial charge in [-0.2, -0.15) is 4.57 Å². The molecule has 40 heavy (non-hydrogen) atoms. The first-order valence-corrected chi connectivity index (χ1v) is 13.6. The summed E-state index contributed by atoms with van der Waals surface area (Å²) in [6.45, 7) is 6.37. The van der Waals surface area contributed by atoms with Crippen LogP contribution in [0.15, 0.2) is 114 Å². The molecule has 0 bridgehead atoms. The molecule has 7 aromatic rings. The zero-order valence-electron chi connectivity index (χ0n) is 23.1. The first-order valence-electron chi connectivity index (χ1n) is 13.6. The van der Waals surface area contributed by atoms with Crippen LogP contribution in [0.3, 0.4) is 0 Å². The van der Waals surface area contributed by atoms with Crippen molar-refractivity contribution in [1.29, 1.82) is 0 Å². The Morgan fingerprint density at radius 3 is 2.10 bits per heavy atom. The molecule has 0 atom stereocenters. The van der Waals surface area contributed by atoms with Gasteiger partial charge in [0.15, 0.2) is 16.6 Å². The van der Waals surface area contributed by atoms with E-state index in [1.165, 1.54) is 11.1 Å². The maximum Gasteiger partial charge on any atom is 0.295 e. The van der Waals surface area contributed by atoms with Gasteiger partial charge in [0.05, 0.1) is 12.6 Å². The van der Waals surface area contributed by atoms with E-state index in [1.807, 2.05) is 0 Å². The van der Waals surface area contributed by atoms with E-state index in [-0.39, 0.29) is 0 Å². The summed E-state index contributed by atoms with van der Waals surface area (Å²) >= 11 is 0. The lowest BCUT2D eigenvalue weighted by Gasteiger charge is -2.08. The summed E-state index contributed by atoms with van der Waals surface area (Å²) in [6.07, 6.45) is 0. The van der Waals surface area contributed by atoms with Crippen LogP contribution in [0.2, 0.25) is 0 Å². The molecule has 5 aromatic carbocycles. The second kappa shape index (κ2) is 9.35. The summed E-state index contributed by atoms with van der Waals surface area (Å²) in [5.74, 6) is 1.77. The highest BCUT2D eigenvalue weighted by molar-refractivity contribution is 5.86. The highest BCUT2D eigenvalue weighted by atomic mass is 16.3. The number of nitrogens with zero attached hydrogens (tertiary/aromatic N) is 3. The van der Waals surface area contributed by atoms with Crippen molar-refractivity contribution >= 4 is 22.1 Å². The van der Waals surface area contributed by atoms with Gasteiger partial charge in [0.1, 0.15) is 11.2 Å². The average molecular weight is 521 g/mol. The van der Waals surface area contributed by atoms with Gasteiger partial charge in [-0.05, 0) is 85.0 Å². The Hall–Kier alpha value is -4.96. The van der Waals surface area contributed by atoms with Crippen LogP contribution >= 0.6 is 0 Å². The molecule has 0 saturated carbocycles. The van der Waals surface area contributed by atoms with E-state index in [4.69, 9.17) is 9.40 Å². The Kier molecular flexibility index (Phi) is 5.64. The Labute approximate surface area is 233 Å². The third-order valence-electron chi connectivity index (χ3n) is 7.92. The van der Waals surface area contributed by atoms with Gasteiger partial charge in [0, 0.05) is 5.56 Å². The quantitative estimate of drug-likeness (QED) is 0.218. The minimum absolute atomic E-state index is 0.670. The van der Waals surface area contributed by atoms with Crippen LogP contribution in [0, 0.1) is 20.8 Å². The van der Waals surface area contributed by atoms with E-state index in [0.29, 0.717) is 5.89 Å². The van der Waals surface area contributed by atoms with E-state index in [2.05, 4.69) is 146 Å². The van der Waals surface area contributed by atoms with Crippen LogP contribution in [-0.2, 0) is 7.05 Å². The van der Waals surface area contributed by atoms with Crippen LogP contribution < -0.4 is 4.57 Å². The van der Waals surface area contributed by atoms with E-state index in [0.717, 1.165) is 61.5 Å². The minimum Gasteiger partial charge on any atom is -0.436 e. The fourth-order valence-corrected chi connectivity index (χ4v) is 5.89. The largest absolute Gasteiger partial charge is 0.436 e. The summed E-state index contributed by atoms with van der Waals surface area (Å²) in [6, 6.07) is 38.5. The van der Waals surface area contributed by atoms with Crippen LogP contribution in [-0.4, -0.2) is 9.55 Å². The molecule has 0 saturated heterocycles. The normalized spacial score (nSPS) is 11.5. The number of imidazole rings is 1. The van der Waals surface area contributed by atoms with Gasteiger partial charge in [-0.1, -0.05) is 72.8 Å². The molecule has 2 heterocycles.